The lowest BCUT2D eigenvalue weighted by Crippen LogP contribution is -2.18. The fourth-order valence-corrected chi connectivity index (χ4v) is 1.83. The van der Waals surface area contributed by atoms with Gasteiger partial charge in [0.15, 0.2) is 5.95 Å². The Balaban J connectivity index is 2.66. The van der Waals surface area contributed by atoms with Gasteiger partial charge in [-0.2, -0.15) is 0 Å². The third-order valence-corrected chi connectivity index (χ3v) is 2.94. The number of nitrogens with zero attached hydrogens (tertiary/aromatic N) is 1. The Morgan fingerprint density at radius 2 is 2.25 bits per heavy atom. The van der Waals surface area contributed by atoms with Crippen LogP contribution in [0.15, 0.2) is 11.0 Å². The predicted molar refractivity (Wildman–Crippen MR) is 66.3 cm³/mol. The van der Waals surface area contributed by atoms with Gasteiger partial charge in [0.05, 0.1) is 0 Å². The molecule has 16 heavy (non-hydrogen) atoms. The van der Waals surface area contributed by atoms with Crippen molar-refractivity contribution in [1.82, 2.24) is 9.97 Å². The average Bonchev–Trinajstić information content (AvgIpc) is 2.27. The first-order valence-corrected chi connectivity index (χ1v) is 6.01. The van der Waals surface area contributed by atoms with Crippen molar-refractivity contribution in [2.24, 2.45) is 5.92 Å². The van der Waals surface area contributed by atoms with Gasteiger partial charge < -0.3 is 5.73 Å². The summed E-state index contributed by atoms with van der Waals surface area (Å²) < 4.78 is 0. The molecular formula is C12H21N3O. The highest BCUT2D eigenvalue weighted by atomic mass is 16.1. The van der Waals surface area contributed by atoms with Crippen LogP contribution in [-0.2, 0) is 6.42 Å². The highest BCUT2D eigenvalue weighted by Crippen LogP contribution is 2.16. The van der Waals surface area contributed by atoms with E-state index in [4.69, 9.17) is 5.73 Å². The number of nitrogen functional groups attached to an aromatic ring is 1. The SMILES string of the molecule is CCCCC(CC)Cc1cnc(N)[nH]c1=O. The first-order chi connectivity index (χ1) is 7.67. The number of hydrogen-bond acceptors (Lipinski definition) is 3. The molecule has 0 aromatic carbocycles. The fourth-order valence-electron chi connectivity index (χ4n) is 1.83. The summed E-state index contributed by atoms with van der Waals surface area (Å²) >= 11 is 0. The number of H-pyrrole nitrogens is 1. The number of aromatic nitrogens is 2. The fraction of sp³-hybridized carbons (Fsp3) is 0.667. The van der Waals surface area contributed by atoms with E-state index in [9.17, 15) is 4.79 Å². The Hall–Kier alpha value is -1.32. The van der Waals surface area contributed by atoms with E-state index in [-0.39, 0.29) is 11.5 Å². The van der Waals surface area contributed by atoms with Gasteiger partial charge in [0.25, 0.3) is 5.56 Å². The van der Waals surface area contributed by atoms with E-state index < -0.39 is 0 Å². The smallest absolute Gasteiger partial charge is 0.255 e. The van der Waals surface area contributed by atoms with E-state index in [1.54, 1.807) is 6.20 Å². The molecule has 0 aliphatic carbocycles. The third-order valence-electron chi connectivity index (χ3n) is 2.94. The molecule has 0 saturated carbocycles. The second-order valence-corrected chi connectivity index (χ2v) is 4.24. The first kappa shape index (κ1) is 12.7. The van der Waals surface area contributed by atoms with E-state index in [1.807, 2.05) is 0 Å². The number of aromatic amines is 1. The molecule has 1 unspecified atom stereocenters. The van der Waals surface area contributed by atoms with Crippen LogP contribution >= 0.6 is 0 Å². The Bertz CT molecular complexity index is 373. The number of hydrogen-bond donors (Lipinski definition) is 2. The number of nitrogens with two attached hydrogens (primary N) is 1. The molecule has 0 fully saturated rings. The summed E-state index contributed by atoms with van der Waals surface area (Å²) in [4.78, 5) is 18.1. The van der Waals surface area contributed by atoms with Crippen molar-refractivity contribution >= 4 is 5.95 Å². The van der Waals surface area contributed by atoms with Gasteiger partial charge in [-0.3, -0.25) is 9.78 Å². The van der Waals surface area contributed by atoms with Gasteiger partial charge >= 0.3 is 0 Å². The minimum atomic E-state index is -0.0950. The van der Waals surface area contributed by atoms with Crippen molar-refractivity contribution in [3.05, 3.63) is 22.1 Å². The molecule has 0 amide bonds. The van der Waals surface area contributed by atoms with Crippen LogP contribution in [0.25, 0.3) is 0 Å². The Morgan fingerprint density at radius 3 is 2.81 bits per heavy atom. The highest BCUT2D eigenvalue weighted by Gasteiger charge is 2.10. The monoisotopic (exact) mass is 223 g/mol. The molecule has 0 aliphatic heterocycles. The van der Waals surface area contributed by atoms with Crippen molar-refractivity contribution in [3.8, 4) is 0 Å². The molecule has 0 bridgehead atoms. The van der Waals surface area contributed by atoms with Gasteiger partial charge in [-0.25, -0.2) is 4.98 Å². The van der Waals surface area contributed by atoms with Gasteiger partial charge in [0.2, 0.25) is 0 Å². The lowest BCUT2D eigenvalue weighted by Gasteiger charge is -2.13. The molecule has 1 aromatic heterocycles. The maximum absolute atomic E-state index is 11.6. The van der Waals surface area contributed by atoms with Crippen LogP contribution in [0, 0.1) is 5.92 Å². The third kappa shape index (κ3) is 3.68. The van der Waals surface area contributed by atoms with Gasteiger partial charge in [-0.05, 0) is 12.3 Å². The van der Waals surface area contributed by atoms with E-state index in [1.165, 1.54) is 19.3 Å². The van der Waals surface area contributed by atoms with Crippen LogP contribution < -0.4 is 11.3 Å². The Morgan fingerprint density at radius 1 is 1.50 bits per heavy atom. The van der Waals surface area contributed by atoms with Crippen LogP contribution in [0.2, 0.25) is 0 Å². The van der Waals surface area contributed by atoms with Gasteiger partial charge in [0.1, 0.15) is 0 Å². The molecule has 0 radical (unpaired) electrons. The van der Waals surface area contributed by atoms with Gasteiger partial charge in [0, 0.05) is 11.8 Å². The number of anilines is 1. The summed E-state index contributed by atoms with van der Waals surface area (Å²) in [6.07, 6.45) is 7.11. The van der Waals surface area contributed by atoms with Gasteiger partial charge in [-0.15, -0.1) is 0 Å². The lowest BCUT2D eigenvalue weighted by molar-refractivity contribution is 0.447. The number of rotatable bonds is 6. The van der Waals surface area contributed by atoms with E-state index in [0.717, 1.165) is 18.4 Å². The molecule has 90 valence electrons. The summed E-state index contributed by atoms with van der Waals surface area (Å²) in [7, 11) is 0. The molecule has 0 aliphatic rings. The average molecular weight is 223 g/mol. The van der Waals surface area contributed by atoms with Crippen molar-refractivity contribution < 1.29 is 0 Å². The molecule has 1 rings (SSSR count). The molecule has 1 aromatic rings. The van der Waals surface area contributed by atoms with Crippen molar-refractivity contribution in [2.75, 3.05) is 5.73 Å². The summed E-state index contributed by atoms with van der Waals surface area (Å²) in [5.41, 5.74) is 6.06. The zero-order chi connectivity index (χ0) is 12.0. The van der Waals surface area contributed by atoms with Crippen molar-refractivity contribution in [3.63, 3.8) is 0 Å². The Labute approximate surface area is 96.3 Å². The highest BCUT2D eigenvalue weighted by molar-refractivity contribution is 5.17. The zero-order valence-electron chi connectivity index (χ0n) is 10.1. The molecule has 0 spiro atoms. The quantitative estimate of drug-likeness (QED) is 0.775. The second-order valence-electron chi connectivity index (χ2n) is 4.24. The number of unbranched alkanes of at least 4 members (excludes halogenated alkanes) is 1. The molecule has 1 heterocycles. The van der Waals surface area contributed by atoms with Crippen LogP contribution in [0.3, 0.4) is 0 Å². The van der Waals surface area contributed by atoms with Crippen LogP contribution in [0.4, 0.5) is 5.95 Å². The predicted octanol–water partition coefficient (Wildman–Crippen LogP) is 2.11. The van der Waals surface area contributed by atoms with Crippen molar-refractivity contribution in [1.29, 1.82) is 0 Å². The van der Waals surface area contributed by atoms with Crippen LogP contribution in [-0.4, -0.2) is 9.97 Å². The summed E-state index contributed by atoms with van der Waals surface area (Å²) in [5, 5.41) is 0. The summed E-state index contributed by atoms with van der Waals surface area (Å²) in [6.45, 7) is 4.35. The normalized spacial score (nSPS) is 12.6. The molecule has 0 saturated heterocycles. The molecular weight excluding hydrogens is 202 g/mol. The summed E-state index contributed by atoms with van der Waals surface area (Å²) in [6, 6.07) is 0. The Kier molecular flexibility index (Phi) is 5.02. The van der Waals surface area contributed by atoms with E-state index in [0.29, 0.717) is 5.92 Å². The standard InChI is InChI=1S/C12H21N3O/c1-3-5-6-9(4-2)7-10-8-14-12(13)15-11(10)16/h8-9H,3-7H2,1-2H3,(H3,13,14,15,16). The van der Waals surface area contributed by atoms with Crippen LogP contribution in [0.5, 0.6) is 0 Å². The maximum Gasteiger partial charge on any atom is 0.255 e. The molecule has 4 nitrogen and oxygen atoms in total. The summed E-state index contributed by atoms with van der Waals surface area (Å²) in [5.74, 6) is 0.766. The van der Waals surface area contributed by atoms with E-state index >= 15 is 0 Å². The van der Waals surface area contributed by atoms with Gasteiger partial charge in [-0.1, -0.05) is 39.5 Å². The minimum Gasteiger partial charge on any atom is -0.369 e. The van der Waals surface area contributed by atoms with E-state index in [2.05, 4.69) is 23.8 Å². The lowest BCUT2D eigenvalue weighted by atomic mass is 9.93. The topological polar surface area (TPSA) is 71.8 Å². The zero-order valence-corrected chi connectivity index (χ0v) is 10.1. The second kappa shape index (κ2) is 6.30. The maximum atomic E-state index is 11.6. The first-order valence-electron chi connectivity index (χ1n) is 6.01. The molecule has 4 heteroatoms. The molecule has 1 atom stereocenters. The largest absolute Gasteiger partial charge is 0.369 e. The minimum absolute atomic E-state index is 0.0950. The van der Waals surface area contributed by atoms with Crippen LogP contribution in [0.1, 0.15) is 45.1 Å². The number of nitrogens with one attached hydrogen (secondary N) is 1. The molecule has 3 N–H and O–H groups in total. The van der Waals surface area contributed by atoms with Crippen molar-refractivity contribution in [2.45, 2.75) is 46.0 Å².